The molecule has 0 bridgehead atoms. The third-order valence-corrected chi connectivity index (χ3v) is 4.81. The summed E-state index contributed by atoms with van der Waals surface area (Å²) in [6.07, 6.45) is 2.78. The summed E-state index contributed by atoms with van der Waals surface area (Å²) in [5.74, 6) is -1.26. The first-order valence-corrected chi connectivity index (χ1v) is 7.85. The standard InChI is InChI=1S/C16H16F2N4O2/c17-10-2-3-12(11(18)7-10)22-8-9(6-13(22)23)14-20-15(21-24-14)16(19)4-1-5-16/h2-3,7,9H,1,4-6,8,19H2. The van der Waals surface area contributed by atoms with Crippen molar-refractivity contribution in [1.82, 2.24) is 10.1 Å². The van der Waals surface area contributed by atoms with Crippen molar-refractivity contribution >= 4 is 11.6 Å². The summed E-state index contributed by atoms with van der Waals surface area (Å²) in [6.45, 7) is 0.209. The molecule has 2 aliphatic rings. The van der Waals surface area contributed by atoms with Gasteiger partial charge >= 0.3 is 0 Å². The fourth-order valence-corrected chi connectivity index (χ4v) is 3.19. The molecule has 6 nitrogen and oxygen atoms in total. The van der Waals surface area contributed by atoms with Gasteiger partial charge in [0.2, 0.25) is 11.8 Å². The van der Waals surface area contributed by atoms with E-state index in [9.17, 15) is 13.6 Å². The second-order valence-electron chi connectivity index (χ2n) is 6.47. The average molecular weight is 334 g/mol. The Bertz CT molecular complexity index is 803. The number of nitrogens with two attached hydrogens (primary N) is 1. The summed E-state index contributed by atoms with van der Waals surface area (Å²) < 4.78 is 32.2. The molecular formula is C16H16F2N4O2. The van der Waals surface area contributed by atoms with Gasteiger partial charge < -0.3 is 15.2 Å². The van der Waals surface area contributed by atoms with Crippen LogP contribution in [0.5, 0.6) is 0 Å². The third kappa shape index (κ3) is 2.37. The molecule has 2 aromatic rings. The number of nitrogens with zero attached hydrogens (tertiary/aromatic N) is 3. The molecule has 1 saturated carbocycles. The maximum atomic E-state index is 13.9. The van der Waals surface area contributed by atoms with Crippen molar-refractivity contribution < 1.29 is 18.1 Å². The molecule has 1 aliphatic heterocycles. The van der Waals surface area contributed by atoms with Crippen molar-refractivity contribution in [2.75, 3.05) is 11.4 Å². The predicted molar refractivity (Wildman–Crippen MR) is 80.1 cm³/mol. The van der Waals surface area contributed by atoms with Crippen molar-refractivity contribution in [2.45, 2.75) is 37.1 Å². The summed E-state index contributed by atoms with van der Waals surface area (Å²) in [4.78, 5) is 17.8. The zero-order valence-corrected chi connectivity index (χ0v) is 12.8. The minimum absolute atomic E-state index is 0.0536. The van der Waals surface area contributed by atoms with Crippen LogP contribution in [0.25, 0.3) is 0 Å². The van der Waals surface area contributed by atoms with Gasteiger partial charge in [0.15, 0.2) is 5.82 Å². The van der Waals surface area contributed by atoms with E-state index >= 15 is 0 Å². The van der Waals surface area contributed by atoms with Gasteiger partial charge in [0.05, 0.1) is 17.1 Å². The third-order valence-electron chi connectivity index (χ3n) is 4.81. The van der Waals surface area contributed by atoms with Crippen molar-refractivity contribution in [3.8, 4) is 0 Å². The molecule has 1 amide bonds. The highest BCUT2D eigenvalue weighted by Crippen LogP contribution is 2.38. The van der Waals surface area contributed by atoms with E-state index in [0.717, 1.165) is 31.4 Å². The molecule has 2 fully saturated rings. The van der Waals surface area contributed by atoms with Crippen LogP contribution in [0.3, 0.4) is 0 Å². The number of anilines is 1. The van der Waals surface area contributed by atoms with Gasteiger partial charge in [-0.3, -0.25) is 4.79 Å². The molecule has 4 rings (SSSR count). The quantitative estimate of drug-likeness (QED) is 0.930. The van der Waals surface area contributed by atoms with E-state index in [4.69, 9.17) is 10.3 Å². The second kappa shape index (κ2) is 5.34. The number of amides is 1. The zero-order valence-electron chi connectivity index (χ0n) is 12.8. The molecule has 1 aliphatic carbocycles. The Morgan fingerprint density at radius 3 is 2.79 bits per heavy atom. The van der Waals surface area contributed by atoms with Crippen LogP contribution < -0.4 is 10.6 Å². The molecule has 8 heteroatoms. The summed E-state index contributed by atoms with van der Waals surface area (Å²) >= 11 is 0. The number of aromatic nitrogens is 2. The summed E-state index contributed by atoms with van der Waals surface area (Å²) in [7, 11) is 0. The van der Waals surface area contributed by atoms with Crippen LogP contribution in [0.1, 0.15) is 43.3 Å². The number of hydrogen-bond donors (Lipinski definition) is 1. The lowest BCUT2D eigenvalue weighted by atomic mass is 9.77. The largest absolute Gasteiger partial charge is 0.339 e. The SMILES string of the molecule is NC1(c2noc(C3CC(=O)N(c4ccc(F)cc4F)C3)n2)CCC1. The predicted octanol–water partition coefficient (Wildman–Crippen LogP) is 2.21. The van der Waals surface area contributed by atoms with E-state index in [1.807, 2.05) is 0 Å². The number of hydrogen-bond acceptors (Lipinski definition) is 5. The Kier molecular flexibility index (Phi) is 3.38. The number of rotatable bonds is 3. The lowest BCUT2D eigenvalue weighted by Gasteiger charge is -2.34. The van der Waals surface area contributed by atoms with Gasteiger partial charge in [-0.1, -0.05) is 5.16 Å². The zero-order chi connectivity index (χ0) is 16.9. The molecule has 1 saturated heterocycles. The number of benzene rings is 1. The summed E-state index contributed by atoms with van der Waals surface area (Å²) in [6, 6.07) is 3.14. The smallest absolute Gasteiger partial charge is 0.232 e. The Balaban J connectivity index is 1.56. The first-order chi connectivity index (χ1) is 11.5. The normalized spacial score (nSPS) is 22.7. The first-order valence-electron chi connectivity index (χ1n) is 7.85. The van der Waals surface area contributed by atoms with Crippen LogP contribution in [0.2, 0.25) is 0 Å². The van der Waals surface area contributed by atoms with Gasteiger partial charge in [0, 0.05) is 19.0 Å². The lowest BCUT2D eigenvalue weighted by Crippen LogP contribution is -2.44. The Morgan fingerprint density at radius 2 is 2.12 bits per heavy atom. The van der Waals surface area contributed by atoms with Crippen LogP contribution in [0.15, 0.2) is 22.7 Å². The van der Waals surface area contributed by atoms with E-state index < -0.39 is 17.2 Å². The summed E-state index contributed by atoms with van der Waals surface area (Å²) in [5.41, 5.74) is 5.69. The minimum atomic E-state index is -0.773. The van der Waals surface area contributed by atoms with Gasteiger partial charge in [-0.15, -0.1) is 0 Å². The number of carbonyl (C=O) groups excluding carboxylic acids is 1. The molecule has 2 heterocycles. The maximum absolute atomic E-state index is 13.9. The van der Waals surface area contributed by atoms with Gasteiger partial charge in [0.25, 0.3) is 0 Å². The molecule has 1 unspecified atom stereocenters. The first kappa shape index (κ1) is 15.2. The monoisotopic (exact) mass is 334 g/mol. The molecule has 24 heavy (non-hydrogen) atoms. The molecule has 2 N–H and O–H groups in total. The molecule has 1 atom stereocenters. The van der Waals surface area contributed by atoms with Crippen molar-refractivity contribution in [1.29, 1.82) is 0 Å². The number of carbonyl (C=O) groups is 1. The fourth-order valence-electron chi connectivity index (χ4n) is 3.19. The highest BCUT2D eigenvalue weighted by molar-refractivity contribution is 5.96. The Labute approximate surface area is 136 Å². The molecule has 0 spiro atoms. The molecule has 126 valence electrons. The second-order valence-corrected chi connectivity index (χ2v) is 6.47. The Morgan fingerprint density at radius 1 is 1.33 bits per heavy atom. The molecule has 1 aromatic heterocycles. The Hall–Kier alpha value is -2.35. The molecule has 0 radical (unpaired) electrons. The van der Waals surface area contributed by atoms with E-state index in [0.29, 0.717) is 11.7 Å². The molecule has 1 aromatic carbocycles. The fraction of sp³-hybridized carbons (Fsp3) is 0.438. The van der Waals surface area contributed by atoms with Crippen LogP contribution in [0, 0.1) is 11.6 Å². The van der Waals surface area contributed by atoms with Crippen LogP contribution in [0.4, 0.5) is 14.5 Å². The summed E-state index contributed by atoms with van der Waals surface area (Å²) in [5, 5.41) is 3.94. The maximum Gasteiger partial charge on any atom is 0.232 e. The highest BCUT2D eigenvalue weighted by atomic mass is 19.1. The van der Waals surface area contributed by atoms with E-state index in [2.05, 4.69) is 10.1 Å². The van der Waals surface area contributed by atoms with E-state index in [1.165, 1.54) is 11.0 Å². The van der Waals surface area contributed by atoms with Crippen molar-refractivity contribution in [3.63, 3.8) is 0 Å². The van der Waals surface area contributed by atoms with Gasteiger partial charge in [0.1, 0.15) is 11.6 Å². The van der Waals surface area contributed by atoms with E-state index in [1.54, 1.807) is 0 Å². The van der Waals surface area contributed by atoms with E-state index in [-0.39, 0.29) is 30.5 Å². The van der Waals surface area contributed by atoms with Gasteiger partial charge in [-0.05, 0) is 31.4 Å². The van der Waals surface area contributed by atoms with Gasteiger partial charge in [-0.25, -0.2) is 8.78 Å². The average Bonchev–Trinajstić information content (AvgIpc) is 3.12. The highest BCUT2D eigenvalue weighted by Gasteiger charge is 2.41. The van der Waals surface area contributed by atoms with Crippen molar-refractivity contribution in [3.05, 3.63) is 41.5 Å². The van der Waals surface area contributed by atoms with Crippen LogP contribution in [-0.4, -0.2) is 22.6 Å². The van der Waals surface area contributed by atoms with Crippen LogP contribution >= 0.6 is 0 Å². The van der Waals surface area contributed by atoms with Gasteiger partial charge in [-0.2, -0.15) is 4.98 Å². The lowest BCUT2D eigenvalue weighted by molar-refractivity contribution is -0.117. The molecular weight excluding hydrogens is 318 g/mol. The minimum Gasteiger partial charge on any atom is -0.339 e. The van der Waals surface area contributed by atoms with Crippen molar-refractivity contribution in [2.24, 2.45) is 5.73 Å². The number of halogens is 2. The van der Waals surface area contributed by atoms with Crippen LogP contribution in [-0.2, 0) is 10.3 Å². The topological polar surface area (TPSA) is 85.2 Å².